The molecule has 0 amide bonds. The molecule has 0 aliphatic heterocycles. The Morgan fingerprint density at radius 1 is 1.60 bits per heavy atom. The maximum absolute atomic E-state index is 10.6. The first kappa shape index (κ1) is 12.0. The fourth-order valence-corrected chi connectivity index (χ4v) is 1.56. The Balaban J connectivity index is 2.26. The predicted molar refractivity (Wildman–Crippen MR) is 56.0 cm³/mol. The van der Waals surface area contributed by atoms with Crippen LogP contribution >= 0.6 is 0 Å². The molecule has 0 unspecified atom stereocenters. The first-order valence-corrected chi connectivity index (χ1v) is 6.38. The molecule has 0 aromatic carbocycles. The van der Waals surface area contributed by atoms with E-state index < -0.39 is 10.0 Å². The van der Waals surface area contributed by atoms with E-state index in [2.05, 4.69) is 5.10 Å². The molecule has 1 heterocycles. The van der Waals surface area contributed by atoms with Crippen LogP contribution in [0.15, 0.2) is 12.4 Å². The van der Waals surface area contributed by atoms with Gasteiger partial charge in [-0.1, -0.05) is 0 Å². The highest BCUT2D eigenvalue weighted by atomic mass is 32.2. The van der Waals surface area contributed by atoms with Gasteiger partial charge in [0.1, 0.15) is 0 Å². The van der Waals surface area contributed by atoms with Gasteiger partial charge in [0, 0.05) is 6.54 Å². The van der Waals surface area contributed by atoms with E-state index in [1.807, 2.05) is 6.92 Å². The fourth-order valence-electron chi connectivity index (χ4n) is 1.04. The van der Waals surface area contributed by atoms with Crippen molar-refractivity contribution in [3.8, 4) is 5.75 Å². The summed E-state index contributed by atoms with van der Waals surface area (Å²) in [6.45, 7) is 3.07. The molecule has 0 spiro atoms. The number of hydrogen-bond acceptors (Lipinski definition) is 4. The first-order valence-electron chi connectivity index (χ1n) is 4.67. The average molecular weight is 233 g/mol. The van der Waals surface area contributed by atoms with Gasteiger partial charge in [0.05, 0.1) is 24.8 Å². The lowest BCUT2D eigenvalue weighted by Crippen LogP contribution is -2.18. The van der Waals surface area contributed by atoms with Crippen molar-refractivity contribution >= 4 is 10.0 Å². The second kappa shape index (κ2) is 5.13. The summed E-state index contributed by atoms with van der Waals surface area (Å²) in [6.07, 6.45) is 3.74. The topological polar surface area (TPSA) is 87.2 Å². The third-order valence-electron chi connectivity index (χ3n) is 1.78. The van der Waals surface area contributed by atoms with Crippen LogP contribution in [0.25, 0.3) is 0 Å². The van der Waals surface area contributed by atoms with Crippen molar-refractivity contribution in [1.29, 1.82) is 0 Å². The van der Waals surface area contributed by atoms with Crippen LogP contribution in [-0.4, -0.2) is 30.6 Å². The Hall–Kier alpha value is -1.08. The fraction of sp³-hybridized carbons (Fsp3) is 0.625. The van der Waals surface area contributed by atoms with Crippen LogP contribution in [-0.2, 0) is 16.6 Å². The van der Waals surface area contributed by atoms with Crippen LogP contribution in [0.5, 0.6) is 5.75 Å². The SMILES string of the molecule is CCn1cc(OCCCS(N)(=O)=O)cn1. The highest BCUT2D eigenvalue weighted by Gasteiger charge is 2.03. The number of sulfonamides is 1. The van der Waals surface area contributed by atoms with Gasteiger partial charge in [0.25, 0.3) is 0 Å². The van der Waals surface area contributed by atoms with Crippen LogP contribution in [0.3, 0.4) is 0 Å². The van der Waals surface area contributed by atoms with Crippen molar-refractivity contribution < 1.29 is 13.2 Å². The van der Waals surface area contributed by atoms with E-state index in [9.17, 15) is 8.42 Å². The molecule has 2 N–H and O–H groups in total. The van der Waals surface area contributed by atoms with E-state index >= 15 is 0 Å². The minimum absolute atomic E-state index is 0.0606. The van der Waals surface area contributed by atoms with E-state index in [1.54, 1.807) is 17.1 Å². The zero-order valence-electron chi connectivity index (χ0n) is 8.59. The minimum atomic E-state index is -3.38. The molecule has 86 valence electrons. The van der Waals surface area contributed by atoms with Crippen LogP contribution < -0.4 is 9.88 Å². The van der Waals surface area contributed by atoms with E-state index in [0.717, 1.165) is 6.54 Å². The summed E-state index contributed by atoms with van der Waals surface area (Å²) < 4.78 is 28.2. The van der Waals surface area contributed by atoms with Crippen LogP contribution in [0.2, 0.25) is 0 Å². The summed E-state index contributed by atoms with van der Waals surface area (Å²) in [5.74, 6) is 0.584. The Bertz CT molecular complexity index is 399. The molecule has 0 bridgehead atoms. The van der Waals surface area contributed by atoms with Gasteiger partial charge in [-0.2, -0.15) is 5.10 Å². The number of ether oxygens (including phenoxy) is 1. The molecule has 0 radical (unpaired) electrons. The summed E-state index contributed by atoms with van der Waals surface area (Å²) >= 11 is 0. The van der Waals surface area contributed by atoms with Gasteiger partial charge >= 0.3 is 0 Å². The second-order valence-corrected chi connectivity index (χ2v) is 4.83. The molecule has 1 aromatic rings. The van der Waals surface area contributed by atoms with Gasteiger partial charge in [0.15, 0.2) is 5.75 Å². The van der Waals surface area contributed by atoms with Gasteiger partial charge < -0.3 is 4.74 Å². The molecule has 0 atom stereocenters. The molecule has 0 aliphatic rings. The number of rotatable bonds is 6. The lowest BCUT2D eigenvalue weighted by molar-refractivity contribution is 0.317. The minimum Gasteiger partial charge on any atom is -0.490 e. The maximum Gasteiger partial charge on any atom is 0.209 e. The van der Waals surface area contributed by atoms with E-state index in [4.69, 9.17) is 9.88 Å². The zero-order chi connectivity index (χ0) is 11.3. The molecule has 0 aliphatic carbocycles. The Morgan fingerprint density at radius 3 is 2.87 bits per heavy atom. The molecule has 15 heavy (non-hydrogen) atoms. The smallest absolute Gasteiger partial charge is 0.209 e. The Morgan fingerprint density at radius 2 is 2.33 bits per heavy atom. The molecule has 1 rings (SSSR count). The van der Waals surface area contributed by atoms with Crippen molar-refractivity contribution in [3.05, 3.63) is 12.4 Å². The van der Waals surface area contributed by atoms with Gasteiger partial charge in [-0.15, -0.1) is 0 Å². The van der Waals surface area contributed by atoms with E-state index in [-0.39, 0.29) is 5.75 Å². The Labute approximate surface area is 89.1 Å². The second-order valence-electron chi connectivity index (χ2n) is 3.10. The monoisotopic (exact) mass is 233 g/mol. The number of aromatic nitrogens is 2. The number of primary sulfonamides is 1. The van der Waals surface area contributed by atoms with Crippen molar-refractivity contribution in [3.63, 3.8) is 0 Å². The highest BCUT2D eigenvalue weighted by Crippen LogP contribution is 2.08. The van der Waals surface area contributed by atoms with Crippen molar-refractivity contribution in [1.82, 2.24) is 9.78 Å². The lowest BCUT2D eigenvalue weighted by Gasteiger charge is -2.01. The number of aryl methyl sites for hydroxylation is 1. The molecule has 0 saturated heterocycles. The predicted octanol–water partition coefficient (Wildman–Crippen LogP) is -0.0396. The number of hydrogen-bond donors (Lipinski definition) is 1. The standard InChI is InChI=1S/C8H15N3O3S/c1-2-11-7-8(6-10-11)14-4-3-5-15(9,12)13/h6-7H,2-5H2,1H3,(H2,9,12,13). The van der Waals surface area contributed by atoms with Crippen molar-refractivity contribution in [2.24, 2.45) is 5.14 Å². The quantitative estimate of drug-likeness (QED) is 0.698. The molecule has 1 aromatic heterocycles. The molecule has 7 heteroatoms. The van der Waals surface area contributed by atoms with E-state index in [1.165, 1.54) is 0 Å². The summed E-state index contributed by atoms with van der Waals surface area (Å²) in [5.41, 5.74) is 0. The lowest BCUT2D eigenvalue weighted by atomic mass is 10.5. The van der Waals surface area contributed by atoms with Crippen LogP contribution in [0.4, 0.5) is 0 Å². The summed E-state index contributed by atoms with van der Waals surface area (Å²) in [5, 5.41) is 8.85. The molecule has 0 fully saturated rings. The van der Waals surface area contributed by atoms with Crippen LogP contribution in [0.1, 0.15) is 13.3 Å². The van der Waals surface area contributed by atoms with Gasteiger partial charge in [0.2, 0.25) is 10.0 Å². The van der Waals surface area contributed by atoms with Crippen molar-refractivity contribution in [2.45, 2.75) is 19.9 Å². The molecule has 0 saturated carbocycles. The maximum atomic E-state index is 10.6. The van der Waals surface area contributed by atoms with Gasteiger partial charge in [-0.25, -0.2) is 13.6 Å². The molecule has 6 nitrogen and oxygen atoms in total. The van der Waals surface area contributed by atoms with E-state index in [0.29, 0.717) is 18.8 Å². The highest BCUT2D eigenvalue weighted by molar-refractivity contribution is 7.89. The third-order valence-corrected chi connectivity index (χ3v) is 2.63. The average Bonchev–Trinajstić information content (AvgIpc) is 2.59. The number of nitrogens with zero attached hydrogens (tertiary/aromatic N) is 2. The first-order chi connectivity index (χ1) is 7.01. The number of nitrogens with two attached hydrogens (primary N) is 1. The normalized spacial score (nSPS) is 11.6. The largest absolute Gasteiger partial charge is 0.490 e. The zero-order valence-corrected chi connectivity index (χ0v) is 9.40. The third kappa shape index (κ3) is 4.80. The molecular formula is C8H15N3O3S. The van der Waals surface area contributed by atoms with Crippen LogP contribution in [0, 0.1) is 0 Å². The molecular weight excluding hydrogens is 218 g/mol. The summed E-state index contributed by atoms with van der Waals surface area (Å²) in [6, 6.07) is 0. The summed E-state index contributed by atoms with van der Waals surface area (Å²) in [7, 11) is -3.38. The van der Waals surface area contributed by atoms with Gasteiger partial charge in [-0.05, 0) is 13.3 Å². The van der Waals surface area contributed by atoms with Gasteiger partial charge in [-0.3, -0.25) is 4.68 Å². The Kier molecular flexibility index (Phi) is 4.10. The summed E-state index contributed by atoms with van der Waals surface area (Å²) in [4.78, 5) is 0. The van der Waals surface area contributed by atoms with Crippen molar-refractivity contribution in [2.75, 3.05) is 12.4 Å².